The molecule has 0 aliphatic rings. The molecule has 0 heterocycles. The molecule has 0 spiro atoms. The molecule has 200 valence electrons. The number of benzene rings is 2. The Labute approximate surface area is 219 Å². The van der Waals surface area contributed by atoms with Crippen LogP contribution in [-0.2, 0) is 0 Å². The van der Waals surface area contributed by atoms with E-state index in [4.69, 9.17) is 9.47 Å². The highest BCUT2D eigenvalue weighted by Crippen LogP contribution is 2.29. The van der Waals surface area contributed by atoms with Crippen LogP contribution in [0.4, 0.5) is 11.4 Å². The summed E-state index contributed by atoms with van der Waals surface area (Å²) in [5.41, 5.74) is 2.25. The van der Waals surface area contributed by atoms with E-state index in [1.165, 1.54) is 77.0 Å². The lowest BCUT2D eigenvalue weighted by atomic mass is 9.94. The molecule has 2 aromatic rings. The molecule has 0 bridgehead atoms. The summed E-state index contributed by atoms with van der Waals surface area (Å²) in [4.78, 5) is 12.8. The Morgan fingerprint density at radius 3 is 2.00 bits per heavy atom. The van der Waals surface area contributed by atoms with E-state index in [2.05, 4.69) is 24.5 Å². The number of anilines is 2. The van der Waals surface area contributed by atoms with Gasteiger partial charge in [-0.25, -0.2) is 0 Å². The second-order valence-corrected chi connectivity index (χ2v) is 9.75. The Hall–Kier alpha value is -2.69. The fraction of sp³-hybridized carbons (Fsp3) is 0.581. The number of rotatable bonds is 19. The van der Waals surface area contributed by atoms with Gasteiger partial charge in [0.1, 0.15) is 11.5 Å². The number of amides is 1. The molecule has 0 saturated heterocycles. The van der Waals surface area contributed by atoms with Crippen LogP contribution in [-0.4, -0.2) is 26.7 Å². The van der Waals surface area contributed by atoms with Crippen molar-refractivity contribution in [1.29, 1.82) is 0 Å². The van der Waals surface area contributed by atoms with Crippen LogP contribution in [0, 0.1) is 5.92 Å². The van der Waals surface area contributed by atoms with Crippen LogP contribution in [0.1, 0.15) is 101 Å². The zero-order valence-electron chi connectivity index (χ0n) is 23.0. The molecular formula is C31H48N2O3. The molecule has 5 heteroatoms. The first kappa shape index (κ1) is 29.5. The fourth-order valence-corrected chi connectivity index (χ4v) is 4.53. The van der Waals surface area contributed by atoms with Gasteiger partial charge in [0.15, 0.2) is 0 Å². The van der Waals surface area contributed by atoms with Gasteiger partial charge in [0.25, 0.3) is 5.91 Å². The standard InChI is InChI=1S/C31H48N2O3/c1-5-7-9-11-12-14-16-25(15-13-10-8-6-2)24-32-27-19-17-26(18-20-27)31(34)33-29-23-28(35-3)21-22-30(29)36-4/h17-23,25,32H,5-16,24H2,1-4H3,(H,33,34). The van der Waals surface area contributed by atoms with Crippen LogP contribution in [0.25, 0.3) is 0 Å². The molecule has 1 atom stereocenters. The van der Waals surface area contributed by atoms with Gasteiger partial charge in [-0.2, -0.15) is 0 Å². The molecule has 0 saturated carbocycles. The van der Waals surface area contributed by atoms with Gasteiger partial charge in [-0.15, -0.1) is 0 Å². The summed E-state index contributed by atoms with van der Waals surface area (Å²) in [5.74, 6) is 1.79. The van der Waals surface area contributed by atoms with E-state index in [-0.39, 0.29) is 5.91 Å². The summed E-state index contributed by atoms with van der Waals surface area (Å²) >= 11 is 0. The molecule has 5 nitrogen and oxygen atoms in total. The van der Waals surface area contributed by atoms with Crippen LogP contribution in [0.15, 0.2) is 42.5 Å². The lowest BCUT2D eigenvalue weighted by molar-refractivity contribution is 0.102. The first-order valence-corrected chi connectivity index (χ1v) is 14.0. The van der Waals surface area contributed by atoms with Crippen molar-refractivity contribution < 1.29 is 14.3 Å². The Kier molecular flexibility index (Phi) is 14.5. The number of ether oxygens (including phenoxy) is 2. The monoisotopic (exact) mass is 496 g/mol. The van der Waals surface area contributed by atoms with Gasteiger partial charge in [0, 0.05) is 23.9 Å². The van der Waals surface area contributed by atoms with Crippen molar-refractivity contribution in [3.05, 3.63) is 48.0 Å². The molecule has 0 fully saturated rings. The van der Waals surface area contributed by atoms with Gasteiger partial charge >= 0.3 is 0 Å². The van der Waals surface area contributed by atoms with Crippen molar-refractivity contribution in [2.24, 2.45) is 5.92 Å². The predicted molar refractivity (Wildman–Crippen MR) is 153 cm³/mol. The Bertz CT molecular complexity index is 867. The molecule has 2 rings (SSSR count). The molecule has 0 aliphatic heterocycles. The van der Waals surface area contributed by atoms with Crippen molar-refractivity contribution in [3.8, 4) is 11.5 Å². The van der Waals surface area contributed by atoms with E-state index in [1.807, 2.05) is 24.3 Å². The number of carbonyl (C=O) groups excluding carboxylic acids is 1. The number of carbonyl (C=O) groups is 1. The highest BCUT2D eigenvalue weighted by atomic mass is 16.5. The summed E-state index contributed by atoms with van der Waals surface area (Å²) in [5, 5.41) is 6.56. The second kappa shape index (κ2) is 17.7. The molecule has 0 aromatic heterocycles. The van der Waals surface area contributed by atoms with Gasteiger partial charge in [0.05, 0.1) is 19.9 Å². The van der Waals surface area contributed by atoms with Gasteiger partial charge in [0.2, 0.25) is 0 Å². The number of hydrogen-bond donors (Lipinski definition) is 2. The van der Waals surface area contributed by atoms with Crippen molar-refractivity contribution in [3.63, 3.8) is 0 Å². The van der Waals surface area contributed by atoms with Crippen molar-refractivity contribution in [2.45, 2.75) is 90.9 Å². The maximum absolute atomic E-state index is 12.8. The maximum atomic E-state index is 12.8. The minimum absolute atomic E-state index is 0.176. The van der Waals surface area contributed by atoms with Crippen molar-refractivity contribution in [1.82, 2.24) is 0 Å². The summed E-state index contributed by atoms with van der Waals surface area (Å²) < 4.78 is 10.6. The zero-order valence-corrected chi connectivity index (χ0v) is 23.0. The van der Waals surface area contributed by atoms with E-state index in [9.17, 15) is 4.79 Å². The third kappa shape index (κ3) is 10.9. The average molecular weight is 497 g/mol. The summed E-state index contributed by atoms with van der Waals surface area (Å²) in [7, 11) is 3.18. The molecule has 36 heavy (non-hydrogen) atoms. The molecule has 0 aliphatic carbocycles. The van der Waals surface area contributed by atoms with Gasteiger partial charge in [-0.3, -0.25) is 4.79 Å². The van der Waals surface area contributed by atoms with Crippen LogP contribution < -0.4 is 20.1 Å². The minimum Gasteiger partial charge on any atom is -0.497 e. The summed E-state index contributed by atoms with van der Waals surface area (Å²) in [6.45, 7) is 5.54. The highest BCUT2D eigenvalue weighted by molar-refractivity contribution is 6.05. The number of methoxy groups -OCH3 is 2. The third-order valence-corrected chi connectivity index (χ3v) is 6.83. The summed E-state index contributed by atoms with van der Waals surface area (Å²) in [6, 6.07) is 13.1. The topological polar surface area (TPSA) is 59.6 Å². The molecule has 0 radical (unpaired) electrons. The van der Waals surface area contributed by atoms with E-state index in [0.29, 0.717) is 28.7 Å². The average Bonchev–Trinajstić information content (AvgIpc) is 2.91. The SMILES string of the molecule is CCCCCCCCC(CCCCCC)CNc1ccc(C(=O)Nc2cc(OC)ccc2OC)cc1. The van der Waals surface area contributed by atoms with Gasteiger partial charge in [-0.05, 0) is 55.2 Å². The smallest absolute Gasteiger partial charge is 0.255 e. The van der Waals surface area contributed by atoms with E-state index in [0.717, 1.165) is 12.2 Å². The quantitative estimate of drug-likeness (QED) is 0.191. The molecule has 2 N–H and O–H groups in total. The van der Waals surface area contributed by atoms with Gasteiger partial charge < -0.3 is 20.1 Å². The zero-order chi connectivity index (χ0) is 26.0. The van der Waals surface area contributed by atoms with Crippen LogP contribution in [0.3, 0.4) is 0 Å². The lowest BCUT2D eigenvalue weighted by Gasteiger charge is -2.19. The normalized spacial score (nSPS) is 11.7. The first-order valence-electron chi connectivity index (χ1n) is 14.0. The summed E-state index contributed by atoms with van der Waals surface area (Å²) in [6.07, 6.45) is 16.0. The third-order valence-electron chi connectivity index (χ3n) is 6.83. The Balaban J connectivity index is 1.88. The van der Waals surface area contributed by atoms with E-state index in [1.54, 1.807) is 32.4 Å². The number of hydrogen-bond acceptors (Lipinski definition) is 4. The first-order chi connectivity index (χ1) is 17.6. The van der Waals surface area contributed by atoms with Crippen LogP contribution >= 0.6 is 0 Å². The minimum atomic E-state index is -0.176. The molecular weight excluding hydrogens is 448 g/mol. The number of nitrogens with one attached hydrogen (secondary N) is 2. The molecule has 1 amide bonds. The predicted octanol–water partition coefficient (Wildman–Crippen LogP) is 8.71. The number of unbranched alkanes of at least 4 members (excludes halogenated alkanes) is 8. The molecule has 2 aromatic carbocycles. The maximum Gasteiger partial charge on any atom is 0.255 e. The molecule has 1 unspecified atom stereocenters. The second-order valence-electron chi connectivity index (χ2n) is 9.75. The Morgan fingerprint density at radius 1 is 0.778 bits per heavy atom. The Morgan fingerprint density at radius 2 is 1.39 bits per heavy atom. The lowest BCUT2D eigenvalue weighted by Crippen LogP contribution is -2.15. The van der Waals surface area contributed by atoms with Crippen molar-refractivity contribution in [2.75, 3.05) is 31.4 Å². The van der Waals surface area contributed by atoms with Crippen molar-refractivity contribution >= 4 is 17.3 Å². The highest BCUT2D eigenvalue weighted by Gasteiger charge is 2.12. The fourth-order valence-electron chi connectivity index (χ4n) is 4.53. The largest absolute Gasteiger partial charge is 0.497 e. The van der Waals surface area contributed by atoms with E-state index >= 15 is 0 Å². The van der Waals surface area contributed by atoms with E-state index < -0.39 is 0 Å². The van der Waals surface area contributed by atoms with Crippen LogP contribution in [0.5, 0.6) is 11.5 Å². The van der Waals surface area contributed by atoms with Gasteiger partial charge in [-0.1, -0.05) is 78.1 Å². The van der Waals surface area contributed by atoms with Crippen LogP contribution in [0.2, 0.25) is 0 Å².